The molecule has 4 nitrogen and oxygen atoms in total. The molecule has 0 aromatic heterocycles. The highest BCUT2D eigenvalue weighted by atomic mass is 32.2. The van der Waals surface area contributed by atoms with Gasteiger partial charge in [0.1, 0.15) is 0 Å². The molecule has 106 valence electrons. The first-order valence-corrected chi connectivity index (χ1v) is 7.70. The molecule has 0 bridgehead atoms. The topological polar surface area (TPSA) is 55.5 Å². The molecule has 0 saturated heterocycles. The van der Waals surface area contributed by atoms with Crippen LogP contribution in [-0.2, 0) is 6.42 Å². The molecule has 1 heterocycles. The Morgan fingerprint density at radius 3 is 2.76 bits per heavy atom. The van der Waals surface area contributed by atoms with Crippen LogP contribution in [0.15, 0.2) is 59.6 Å². The van der Waals surface area contributed by atoms with Crippen molar-refractivity contribution in [3.63, 3.8) is 0 Å². The van der Waals surface area contributed by atoms with E-state index in [1.54, 1.807) is 23.9 Å². The number of hydrogen-bond donors (Lipinski definition) is 0. The highest BCUT2D eigenvalue weighted by Crippen LogP contribution is 2.27. The molecule has 2 aromatic carbocycles. The van der Waals surface area contributed by atoms with Crippen LogP contribution in [0.5, 0.6) is 0 Å². The maximum Gasteiger partial charge on any atom is 0.270 e. The summed E-state index contributed by atoms with van der Waals surface area (Å²) in [6, 6.07) is 17.2. The van der Waals surface area contributed by atoms with Gasteiger partial charge in [0.05, 0.1) is 16.0 Å². The number of nitrogens with zero attached hydrogens (tertiary/aromatic N) is 2. The Hall–Kier alpha value is -2.14. The Morgan fingerprint density at radius 1 is 1.19 bits per heavy atom. The second-order valence-electron chi connectivity index (χ2n) is 4.90. The van der Waals surface area contributed by atoms with E-state index in [4.69, 9.17) is 4.99 Å². The van der Waals surface area contributed by atoms with Crippen LogP contribution in [0.2, 0.25) is 0 Å². The molecule has 2 aromatic rings. The first-order chi connectivity index (χ1) is 10.2. The van der Waals surface area contributed by atoms with Gasteiger partial charge < -0.3 is 0 Å². The predicted molar refractivity (Wildman–Crippen MR) is 86.0 cm³/mol. The smallest absolute Gasteiger partial charge is 0.270 e. The van der Waals surface area contributed by atoms with Gasteiger partial charge in [-0.25, -0.2) is 0 Å². The summed E-state index contributed by atoms with van der Waals surface area (Å²) in [7, 11) is 0. The molecule has 3 rings (SSSR count). The Bertz CT molecular complexity index is 686. The zero-order valence-electron chi connectivity index (χ0n) is 11.3. The Kier molecular flexibility index (Phi) is 4.01. The zero-order valence-corrected chi connectivity index (χ0v) is 12.1. The largest absolute Gasteiger partial charge is 0.273 e. The van der Waals surface area contributed by atoms with E-state index in [0.717, 1.165) is 22.8 Å². The van der Waals surface area contributed by atoms with Gasteiger partial charge >= 0.3 is 0 Å². The summed E-state index contributed by atoms with van der Waals surface area (Å²) < 4.78 is 0. The van der Waals surface area contributed by atoms with Crippen LogP contribution in [0.25, 0.3) is 0 Å². The third-order valence-corrected chi connectivity index (χ3v) is 4.50. The average Bonchev–Trinajstić information content (AvgIpc) is 2.97. The fraction of sp³-hybridized carbons (Fsp3) is 0.188. The number of nitro benzene ring substituents is 1. The highest BCUT2D eigenvalue weighted by Gasteiger charge is 2.20. The van der Waals surface area contributed by atoms with Crippen molar-refractivity contribution in [1.29, 1.82) is 0 Å². The first-order valence-electron chi connectivity index (χ1n) is 6.72. The molecular weight excluding hydrogens is 284 g/mol. The number of non-ortho nitro benzene ring substituents is 1. The van der Waals surface area contributed by atoms with Crippen molar-refractivity contribution in [3.8, 4) is 0 Å². The van der Waals surface area contributed by atoms with Gasteiger partial charge in [-0.05, 0) is 12.0 Å². The van der Waals surface area contributed by atoms with Crippen molar-refractivity contribution in [2.24, 2.45) is 4.99 Å². The van der Waals surface area contributed by atoms with Crippen LogP contribution >= 0.6 is 11.8 Å². The molecule has 0 aliphatic carbocycles. The van der Waals surface area contributed by atoms with Crippen molar-refractivity contribution in [2.75, 3.05) is 5.75 Å². The lowest BCUT2D eigenvalue weighted by molar-refractivity contribution is -0.384. The van der Waals surface area contributed by atoms with Crippen molar-refractivity contribution in [2.45, 2.75) is 12.5 Å². The summed E-state index contributed by atoms with van der Waals surface area (Å²) in [6.45, 7) is 0. The van der Waals surface area contributed by atoms with Crippen LogP contribution in [0.1, 0.15) is 11.1 Å². The lowest BCUT2D eigenvalue weighted by Crippen LogP contribution is -2.07. The molecule has 0 spiro atoms. The van der Waals surface area contributed by atoms with E-state index >= 15 is 0 Å². The monoisotopic (exact) mass is 298 g/mol. The van der Waals surface area contributed by atoms with Gasteiger partial charge in [-0.15, -0.1) is 11.8 Å². The lowest BCUT2D eigenvalue weighted by Gasteiger charge is -2.04. The second-order valence-corrected chi connectivity index (χ2v) is 5.90. The van der Waals surface area contributed by atoms with E-state index in [1.165, 1.54) is 11.6 Å². The molecule has 5 heteroatoms. The van der Waals surface area contributed by atoms with E-state index in [9.17, 15) is 10.1 Å². The summed E-state index contributed by atoms with van der Waals surface area (Å²) in [5, 5.41) is 11.7. The molecule has 0 radical (unpaired) electrons. The third-order valence-electron chi connectivity index (χ3n) is 3.33. The minimum atomic E-state index is -0.370. The fourth-order valence-electron chi connectivity index (χ4n) is 2.32. The quantitative estimate of drug-likeness (QED) is 0.639. The predicted octanol–water partition coefficient (Wildman–Crippen LogP) is 3.70. The highest BCUT2D eigenvalue weighted by molar-refractivity contribution is 8.14. The maximum absolute atomic E-state index is 10.8. The number of aliphatic imine (C=N–C) groups is 1. The van der Waals surface area contributed by atoms with Gasteiger partial charge in [-0.2, -0.15) is 0 Å². The van der Waals surface area contributed by atoms with Crippen LogP contribution in [0, 0.1) is 10.1 Å². The lowest BCUT2D eigenvalue weighted by atomic mass is 10.1. The molecule has 0 fully saturated rings. The molecule has 21 heavy (non-hydrogen) atoms. The molecule has 1 aliphatic rings. The minimum absolute atomic E-state index is 0.113. The van der Waals surface area contributed by atoms with Gasteiger partial charge in [0.25, 0.3) is 5.69 Å². The molecule has 0 saturated carbocycles. The Morgan fingerprint density at radius 2 is 2.00 bits per heavy atom. The summed E-state index contributed by atoms with van der Waals surface area (Å²) in [4.78, 5) is 15.2. The van der Waals surface area contributed by atoms with Crippen molar-refractivity contribution in [1.82, 2.24) is 0 Å². The number of rotatable bonds is 4. The fourth-order valence-corrected chi connectivity index (χ4v) is 3.38. The van der Waals surface area contributed by atoms with Crippen molar-refractivity contribution >= 4 is 22.5 Å². The summed E-state index contributed by atoms with van der Waals surface area (Å²) >= 11 is 1.67. The summed E-state index contributed by atoms with van der Waals surface area (Å²) in [6.07, 6.45) is 0.909. The van der Waals surface area contributed by atoms with Crippen LogP contribution in [-0.4, -0.2) is 21.8 Å². The van der Waals surface area contributed by atoms with Crippen LogP contribution < -0.4 is 0 Å². The molecular formula is C16H14N2O2S. The second kappa shape index (κ2) is 6.10. The summed E-state index contributed by atoms with van der Waals surface area (Å²) in [5.74, 6) is 0.924. The molecule has 1 aliphatic heterocycles. The molecule has 0 N–H and O–H groups in total. The van der Waals surface area contributed by atoms with Gasteiger partial charge in [-0.1, -0.05) is 42.5 Å². The van der Waals surface area contributed by atoms with Gasteiger partial charge in [0.15, 0.2) is 0 Å². The molecule has 0 amide bonds. The SMILES string of the molecule is O=[N+]([O-])c1cccc(C2=NC(Cc3ccccc3)CS2)c1. The number of nitro groups is 1. The van der Waals surface area contributed by atoms with E-state index in [0.29, 0.717) is 0 Å². The zero-order chi connectivity index (χ0) is 14.7. The maximum atomic E-state index is 10.8. The van der Waals surface area contributed by atoms with E-state index < -0.39 is 0 Å². The van der Waals surface area contributed by atoms with Crippen LogP contribution in [0.4, 0.5) is 5.69 Å². The van der Waals surface area contributed by atoms with Gasteiger partial charge in [0.2, 0.25) is 0 Å². The molecule has 1 atom stereocenters. The van der Waals surface area contributed by atoms with Crippen molar-refractivity contribution < 1.29 is 4.92 Å². The average molecular weight is 298 g/mol. The minimum Gasteiger partial charge on any atom is -0.273 e. The van der Waals surface area contributed by atoms with Gasteiger partial charge in [-0.3, -0.25) is 15.1 Å². The first kappa shape index (κ1) is 13.8. The van der Waals surface area contributed by atoms with Crippen molar-refractivity contribution in [3.05, 3.63) is 75.8 Å². The van der Waals surface area contributed by atoms with E-state index in [-0.39, 0.29) is 16.7 Å². The number of hydrogen-bond acceptors (Lipinski definition) is 4. The Balaban J connectivity index is 1.77. The third kappa shape index (κ3) is 3.31. The van der Waals surface area contributed by atoms with E-state index in [1.807, 2.05) is 24.3 Å². The number of benzene rings is 2. The standard InChI is InChI=1S/C16H14N2O2S/c19-18(20)15-8-4-7-13(10-15)16-17-14(11-21-16)9-12-5-2-1-3-6-12/h1-8,10,14H,9,11H2. The van der Waals surface area contributed by atoms with Gasteiger partial charge in [0, 0.05) is 23.4 Å². The van der Waals surface area contributed by atoms with Crippen LogP contribution in [0.3, 0.4) is 0 Å². The Labute approximate surface area is 127 Å². The summed E-state index contributed by atoms with van der Waals surface area (Å²) in [5.41, 5.74) is 2.22. The van der Waals surface area contributed by atoms with E-state index in [2.05, 4.69) is 12.1 Å². The normalized spacial score (nSPS) is 17.5. The molecule has 1 unspecified atom stereocenters. The number of thioether (sulfide) groups is 1.